The molecule has 0 aliphatic rings. The van der Waals surface area contributed by atoms with E-state index in [0.717, 1.165) is 116 Å². The maximum absolute atomic E-state index is 11.9. The van der Waals surface area contributed by atoms with Gasteiger partial charge in [-0.3, -0.25) is 0 Å². The van der Waals surface area contributed by atoms with Crippen molar-refractivity contribution in [3.8, 4) is 0 Å². The van der Waals surface area contributed by atoms with E-state index >= 15 is 0 Å². The van der Waals surface area contributed by atoms with Crippen molar-refractivity contribution in [2.45, 2.75) is 193 Å². The number of hydrogen-bond acceptors (Lipinski definition) is 6. The molecule has 0 saturated carbocycles. The third-order valence-corrected chi connectivity index (χ3v) is 10.2. The molecule has 6 nitrogen and oxygen atoms in total. The van der Waals surface area contributed by atoms with Gasteiger partial charge in [-0.25, -0.2) is 0 Å². The number of aliphatic hydroxyl groups is 2. The van der Waals surface area contributed by atoms with Crippen LogP contribution in [-0.2, 0) is 15.0 Å². The normalized spacial score (nSPS) is 13.1. The summed E-state index contributed by atoms with van der Waals surface area (Å²) in [6, 6.07) is 0. The van der Waals surface area contributed by atoms with Crippen molar-refractivity contribution in [3.05, 3.63) is 24.3 Å². The third-order valence-electron chi connectivity index (χ3n) is 7.75. The van der Waals surface area contributed by atoms with Gasteiger partial charge in [-0.1, -0.05) is 65.2 Å². The van der Waals surface area contributed by atoms with E-state index in [4.69, 9.17) is 5.37 Å². The molecule has 2 N–H and O–H groups in total. The van der Waals surface area contributed by atoms with E-state index < -0.39 is 25.1 Å². The summed E-state index contributed by atoms with van der Waals surface area (Å²) in [5.41, 5.74) is 0. The number of carbonyl (C=O) groups is 2. The zero-order valence-corrected chi connectivity index (χ0v) is 31.8. The molecule has 0 unspecified atom stereocenters. The quantitative estimate of drug-likeness (QED) is 0.0400. The van der Waals surface area contributed by atoms with E-state index in [1.165, 1.54) is 38.5 Å². The Kier molecular flexibility index (Phi) is 33.6. The Morgan fingerprint density at radius 1 is 0.535 bits per heavy atom. The molecular weight excluding hydrogens is 736 g/mol. The van der Waals surface area contributed by atoms with E-state index in [1.54, 1.807) is 0 Å². The average Bonchev–Trinajstić information content (AvgIpc) is 2.99. The number of aliphatic hydroxyl groups excluding tert-OH is 2. The van der Waals surface area contributed by atoms with Gasteiger partial charge in [0.05, 0.1) is 12.2 Å². The number of allylic oxidation sites excluding steroid dienone is 2. The van der Waals surface area contributed by atoms with E-state index in [2.05, 4.69) is 38.2 Å². The fourth-order valence-corrected chi connectivity index (χ4v) is 6.61. The van der Waals surface area contributed by atoms with Gasteiger partial charge in [0.15, 0.2) is 0 Å². The molecule has 0 bridgehead atoms. The predicted molar refractivity (Wildman–Crippen MR) is 180 cm³/mol. The average molecular weight is 802 g/mol. The molecule has 0 aromatic heterocycles. The molecule has 0 rings (SSSR count). The Bertz CT molecular complexity index is 625. The summed E-state index contributed by atoms with van der Waals surface area (Å²) in [6.07, 6.45) is 34.6. The molecule has 0 aliphatic heterocycles. The molecule has 7 heteroatoms. The van der Waals surface area contributed by atoms with Crippen LogP contribution in [-0.4, -0.2) is 59.5 Å². The van der Waals surface area contributed by atoms with Crippen LogP contribution in [0.1, 0.15) is 181 Å². The van der Waals surface area contributed by atoms with E-state index in [0.29, 0.717) is 12.8 Å². The Labute approximate surface area is 278 Å². The van der Waals surface area contributed by atoms with Gasteiger partial charge in [0.2, 0.25) is 0 Å². The monoisotopic (exact) mass is 802 g/mol. The molecule has 0 aliphatic carbocycles. The third kappa shape index (κ3) is 34.0. The number of unbranched alkanes of at least 4 members (excludes halogenated alkanes) is 16. The van der Waals surface area contributed by atoms with Gasteiger partial charge in [-0.05, 0) is 12.8 Å². The summed E-state index contributed by atoms with van der Waals surface area (Å²) in [5.74, 6) is -0.439. The van der Waals surface area contributed by atoms with Crippen LogP contribution in [0, 0.1) is 0 Å². The summed E-state index contributed by atoms with van der Waals surface area (Å²) < 4.78 is 10.5. The minimum absolute atomic E-state index is 0.198. The molecule has 2 atom stereocenters. The smallest absolute Gasteiger partial charge is 0.393 e. The number of hydrogen-bond donors (Lipinski definition) is 2. The summed E-state index contributed by atoms with van der Waals surface area (Å²) in [6.45, 7) is 4.41. The second-order valence-corrected chi connectivity index (χ2v) is 14.3. The second kappa shape index (κ2) is 34.1. The van der Waals surface area contributed by atoms with Crippen LogP contribution < -0.4 is 0 Å². The molecule has 250 valence electrons. The van der Waals surface area contributed by atoms with Crippen LogP contribution >= 0.6 is 0 Å². The van der Waals surface area contributed by atoms with Crippen LogP contribution in [0.25, 0.3) is 0 Å². The Morgan fingerprint density at radius 2 is 0.907 bits per heavy atom. The number of carbonyl (C=O) groups excluding carboxylic acids is 2. The molecule has 0 fully saturated rings. The van der Waals surface area contributed by atoms with Crippen molar-refractivity contribution in [1.29, 1.82) is 0 Å². The first kappa shape index (κ1) is 42.3. The molecule has 0 heterocycles. The molecule has 0 aromatic rings. The molecule has 0 saturated heterocycles. The molecule has 0 amide bonds. The maximum atomic E-state index is 11.9. The van der Waals surface area contributed by atoms with Crippen LogP contribution in [0.3, 0.4) is 0 Å². The molecule has 43 heavy (non-hydrogen) atoms. The van der Waals surface area contributed by atoms with Crippen molar-refractivity contribution in [1.82, 2.24) is 0 Å². The van der Waals surface area contributed by atoms with Crippen molar-refractivity contribution >= 4 is 37.1 Å². The van der Waals surface area contributed by atoms with Crippen molar-refractivity contribution < 1.29 is 25.2 Å². The summed E-state index contributed by atoms with van der Waals surface area (Å²) in [5, 5.41) is 20.0. The summed E-state index contributed by atoms with van der Waals surface area (Å²) >= 11 is -2.09. The Balaban J connectivity index is 3.45. The zero-order chi connectivity index (χ0) is 31.6. The van der Waals surface area contributed by atoms with Gasteiger partial charge in [0.1, 0.15) is 0 Å². The standard InChI is InChI=1S/2C18H34O3.Pb/c2*1-2-3-4-11-14-17(19)15-12-9-7-5-6-8-10-13-16-18(20)21;/h2*9,12,17,19H,2-8,10-11,13-16H2,1H3,(H,20,21);/q;;+2/p-2/b2*12-9-;/t2*17-;/m11./s1. The van der Waals surface area contributed by atoms with E-state index in [-0.39, 0.29) is 24.1 Å². The first-order valence-electron chi connectivity index (χ1n) is 17.8. The van der Waals surface area contributed by atoms with Crippen LogP contribution in [0.4, 0.5) is 0 Å². The predicted octanol–water partition coefficient (Wildman–Crippen LogP) is 9.62. The minimum Gasteiger partial charge on any atom is -0.393 e. The van der Waals surface area contributed by atoms with Gasteiger partial charge in [-0.15, -0.1) is 0 Å². The fraction of sp³-hybridized carbons (Fsp3) is 0.833. The molecule has 0 spiro atoms. The summed E-state index contributed by atoms with van der Waals surface area (Å²) in [7, 11) is 0. The fourth-order valence-electron chi connectivity index (χ4n) is 4.93. The van der Waals surface area contributed by atoms with Crippen molar-refractivity contribution in [3.63, 3.8) is 0 Å². The summed E-state index contributed by atoms with van der Waals surface area (Å²) in [4.78, 5) is 23.8. The topological polar surface area (TPSA) is 93.1 Å². The van der Waals surface area contributed by atoms with Gasteiger partial charge < -0.3 is 10.2 Å². The van der Waals surface area contributed by atoms with Crippen LogP contribution in [0.15, 0.2) is 24.3 Å². The first-order chi connectivity index (χ1) is 21.0. The molecular formula is C36H66O6Pb. The van der Waals surface area contributed by atoms with Crippen molar-refractivity contribution in [2.75, 3.05) is 0 Å². The van der Waals surface area contributed by atoms with Gasteiger partial charge in [0, 0.05) is 0 Å². The Morgan fingerprint density at radius 3 is 1.33 bits per heavy atom. The van der Waals surface area contributed by atoms with Gasteiger partial charge in [-0.2, -0.15) is 0 Å². The number of rotatable bonds is 32. The minimum atomic E-state index is -2.09. The second-order valence-electron chi connectivity index (χ2n) is 12.1. The first-order valence-corrected chi connectivity index (χ1v) is 21.0. The van der Waals surface area contributed by atoms with Crippen molar-refractivity contribution in [2.24, 2.45) is 0 Å². The van der Waals surface area contributed by atoms with Gasteiger partial charge >= 0.3 is 179 Å². The van der Waals surface area contributed by atoms with Crippen LogP contribution in [0.5, 0.6) is 0 Å². The van der Waals surface area contributed by atoms with E-state index in [9.17, 15) is 19.8 Å². The van der Waals surface area contributed by atoms with E-state index in [1.807, 2.05) is 0 Å². The SMILES string of the molecule is CCCCCC[C@@H](O)C/C=C\CCCCCCCC(=O)[O][Pb][O]C(=O)CCCCCCC/C=C\C[C@H](O)CCCCCC. The van der Waals surface area contributed by atoms with Gasteiger partial charge in [0.25, 0.3) is 0 Å². The zero-order valence-electron chi connectivity index (χ0n) is 27.9. The Hall–Kier alpha value is -0.738. The van der Waals surface area contributed by atoms with Crippen LogP contribution in [0.2, 0.25) is 0 Å². The molecule has 0 aromatic carbocycles. The molecule has 2 radical (unpaired) electrons.